The molecule has 9 heteroatoms. The molecule has 1 fully saturated rings. The molecule has 1 N–H and O–H groups in total. The largest absolute Gasteiger partial charge is 0.497 e. The van der Waals surface area contributed by atoms with Gasteiger partial charge in [-0.1, -0.05) is 53.5 Å². The number of rotatable bonds is 7. The van der Waals surface area contributed by atoms with Crippen LogP contribution in [-0.2, 0) is 4.79 Å². The van der Waals surface area contributed by atoms with Gasteiger partial charge in [-0.3, -0.25) is 14.3 Å². The summed E-state index contributed by atoms with van der Waals surface area (Å²) in [5.41, 5.74) is 4.93. The monoisotopic (exact) mass is 613 g/mol. The molecule has 0 aliphatic carbocycles. The third-order valence-electron chi connectivity index (χ3n) is 8.07. The van der Waals surface area contributed by atoms with Crippen molar-refractivity contribution in [1.82, 2.24) is 14.7 Å². The number of methoxy groups -OCH3 is 1. The van der Waals surface area contributed by atoms with Crippen LogP contribution in [-0.4, -0.2) is 51.9 Å². The predicted molar refractivity (Wildman–Crippen MR) is 169 cm³/mol. The molecular weight excluding hydrogens is 585 g/mol. The van der Waals surface area contributed by atoms with Crippen LogP contribution in [0.3, 0.4) is 0 Å². The lowest BCUT2D eigenvalue weighted by atomic mass is 10.0. The molecule has 2 unspecified atom stereocenters. The summed E-state index contributed by atoms with van der Waals surface area (Å²) in [5.74, 6) is -0.731. The summed E-state index contributed by atoms with van der Waals surface area (Å²) < 4.78 is 7.37. The Balaban J connectivity index is 1.36. The fraction of sp³-hybridized carbons (Fsp3) is 0.206. The number of carbonyl (C=O) groups is 2. The van der Waals surface area contributed by atoms with E-state index in [1.54, 1.807) is 30.2 Å². The Morgan fingerprint density at radius 3 is 2.28 bits per heavy atom. The van der Waals surface area contributed by atoms with Gasteiger partial charge in [-0.25, -0.2) is 0 Å². The Labute approximate surface area is 259 Å². The number of likely N-dealkylation sites (tertiary alicyclic amines) is 1. The molecule has 0 saturated carbocycles. The molecule has 0 bridgehead atoms. The maximum Gasteiger partial charge on any atom is 0.308 e. The lowest BCUT2D eigenvalue weighted by Gasteiger charge is -2.19. The summed E-state index contributed by atoms with van der Waals surface area (Å²) in [6.45, 7) is 2.74. The van der Waals surface area contributed by atoms with Crippen molar-refractivity contribution in [2.24, 2.45) is 5.92 Å². The minimum absolute atomic E-state index is 0.157. The Morgan fingerprint density at radius 1 is 0.907 bits per heavy atom. The summed E-state index contributed by atoms with van der Waals surface area (Å²) in [7, 11) is 1.66. The van der Waals surface area contributed by atoms with Crippen LogP contribution in [0, 0.1) is 5.92 Å². The van der Waals surface area contributed by atoms with Crippen LogP contribution in [0.5, 0.6) is 5.75 Å². The highest BCUT2D eigenvalue weighted by Crippen LogP contribution is 2.35. The average molecular weight is 615 g/mol. The first-order chi connectivity index (χ1) is 20.7. The van der Waals surface area contributed by atoms with Crippen molar-refractivity contribution in [3.8, 4) is 28.3 Å². The van der Waals surface area contributed by atoms with E-state index in [0.717, 1.165) is 44.6 Å². The van der Waals surface area contributed by atoms with E-state index in [-0.39, 0.29) is 18.5 Å². The Hall–Kier alpha value is -4.33. The second-order valence-electron chi connectivity index (χ2n) is 10.8. The summed E-state index contributed by atoms with van der Waals surface area (Å²) in [4.78, 5) is 26.0. The first-order valence-corrected chi connectivity index (χ1v) is 14.7. The summed E-state index contributed by atoms with van der Waals surface area (Å²) in [6, 6.07) is 26.9. The van der Waals surface area contributed by atoms with Crippen molar-refractivity contribution in [2.75, 3.05) is 20.2 Å². The number of carboxylic acids is 1. The molecule has 2 heterocycles. The van der Waals surface area contributed by atoms with E-state index < -0.39 is 11.9 Å². The number of hydrogen-bond donors (Lipinski definition) is 1. The van der Waals surface area contributed by atoms with Crippen LogP contribution in [0.4, 0.5) is 0 Å². The molecule has 5 aromatic rings. The van der Waals surface area contributed by atoms with Gasteiger partial charge in [0.2, 0.25) is 0 Å². The molecular formula is C34H29Cl2N3O4. The third-order valence-corrected chi connectivity index (χ3v) is 8.51. The fourth-order valence-electron chi connectivity index (χ4n) is 5.63. The molecule has 0 spiro atoms. The molecule has 2 atom stereocenters. The molecule has 1 aliphatic rings. The van der Waals surface area contributed by atoms with Crippen LogP contribution >= 0.6 is 23.2 Å². The Kier molecular flexibility index (Phi) is 7.86. The average Bonchev–Trinajstić information content (AvgIpc) is 3.68. The van der Waals surface area contributed by atoms with Crippen LogP contribution in [0.25, 0.3) is 33.3 Å². The number of benzene rings is 4. The van der Waals surface area contributed by atoms with Gasteiger partial charge >= 0.3 is 5.97 Å². The van der Waals surface area contributed by atoms with Gasteiger partial charge < -0.3 is 14.7 Å². The highest BCUT2D eigenvalue weighted by molar-refractivity contribution is 6.35. The third kappa shape index (κ3) is 5.83. The lowest BCUT2D eigenvalue weighted by Crippen LogP contribution is -2.29. The normalized spacial score (nSPS) is 15.5. The molecule has 6 rings (SSSR count). The van der Waals surface area contributed by atoms with Crippen LogP contribution < -0.4 is 4.74 Å². The van der Waals surface area contributed by atoms with E-state index >= 15 is 0 Å². The first-order valence-electron chi connectivity index (χ1n) is 14.0. The maximum atomic E-state index is 13.1. The van der Waals surface area contributed by atoms with Gasteiger partial charge in [0, 0.05) is 39.8 Å². The quantitative estimate of drug-likeness (QED) is 0.202. The number of halogens is 2. The molecule has 1 saturated heterocycles. The van der Waals surface area contributed by atoms with E-state index in [9.17, 15) is 14.7 Å². The van der Waals surface area contributed by atoms with Gasteiger partial charge in [-0.2, -0.15) is 5.10 Å². The first kappa shape index (κ1) is 28.8. The zero-order valence-corrected chi connectivity index (χ0v) is 25.1. The molecule has 218 valence electrons. The van der Waals surface area contributed by atoms with Gasteiger partial charge in [0.05, 0.1) is 30.5 Å². The molecule has 0 radical (unpaired) electrons. The molecule has 43 heavy (non-hydrogen) atoms. The van der Waals surface area contributed by atoms with Crippen LogP contribution in [0.2, 0.25) is 10.0 Å². The molecule has 4 aromatic carbocycles. The van der Waals surface area contributed by atoms with E-state index in [1.165, 1.54) is 0 Å². The van der Waals surface area contributed by atoms with Gasteiger partial charge in [-0.15, -0.1) is 0 Å². The molecule has 7 nitrogen and oxygen atoms in total. The number of carboxylic acid groups (broad SMARTS) is 1. The topological polar surface area (TPSA) is 84.7 Å². The van der Waals surface area contributed by atoms with Gasteiger partial charge in [0.1, 0.15) is 5.75 Å². The van der Waals surface area contributed by atoms with E-state index in [4.69, 9.17) is 33.0 Å². The smallest absolute Gasteiger partial charge is 0.308 e. The van der Waals surface area contributed by atoms with Crippen molar-refractivity contribution in [2.45, 2.75) is 19.4 Å². The number of amides is 1. The highest BCUT2D eigenvalue weighted by atomic mass is 35.5. The predicted octanol–water partition coefficient (Wildman–Crippen LogP) is 7.84. The number of hydrogen-bond acceptors (Lipinski definition) is 4. The number of aliphatic carboxylic acids is 1. The van der Waals surface area contributed by atoms with Crippen molar-refractivity contribution in [3.63, 3.8) is 0 Å². The standard InChI is InChI=1S/C34H29Cl2N3O4/c1-20(21-3-5-22(6-4-21)33(40)38-12-11-26(19-38)34(41)42)39-32(18-31(37-39)27-14-28(35)17-29(36)15-27)25-8-7-24-16-30(43-2)10-9-23(24)13-25/h3-10,13-18,20,26H,11-12,19H2,1-2H3,(H,41,42). The minimum Gasteiger partial charge on any atom is -0.497 e. The van der Waals surface area contributed by atoms with Gasteiger partial charge in [0.15, 0.2) is 0 Å². The number of fused-ring (bicyclic) bond motifs is 1. The van der Waals surface area contributed by atoms with Crippen LogP contribution in [0.15, 0.2) is 84.9 Å². The van der Waals surface area contributed by atoms with E-state index in [2.05, 4.69) is 25.1 Å². The zero-order chi connectivity index (χ0) is 30.2. The summed E-state index contributed by atoms with van der Waals surface area (Å²) in [6.07, 6.45) is 0.473. The van der Waals surface area contributed by atoms with Gasteiger partial charge in [-0.05, 0) is 84.3 Å². The van der Waals surface area contributed by atoms with Crippen LogP contribution in [0.1, 0.15) is 35.3 Å². The highest BCUT2D eigenvalue weighted by Gasteiger charge is 2.31. The zero-order valence-electron chi connectivity index (χ0n) is 23.6. The van der Waals surface area contributed by atoms with E-state index in [0.29, 0.717) is 28.6 Å². The molecule has 1 aromatic heterocycles. The van der Waals surface area contributed by atoms with E-state index in [1.807, 2.05) is 53.2 Å². The number of aromatic nitrogens is 2. The Morgan fingerprint density at radius 2 is 1.60 bits per heavy atom. The summed E-state index contributed by atoms with van der Waals surface area (Å²) >= 11 is 12.7. The van der Waals surface area contributed by atoms with Crippen molar-refractivity contribution in [1.29, 1.82) is 0 Å². The maximum absolute atomic E-state index is 13.1. The molecule has 1 amide bonds. The molecule has 1 aliphatic heterocycles. The second-order valence-corrected chi connectivity index (χ2v) is 11.7. The summed E-state index contributed by atoms with van der Waals surface area (Å²) in [5, 5.41) is 17.5. The number of nitrogens with zero attached hydrogens (tertiary/aromatic N) is 3. The fourth-order valence-corrected chi connectivity index (χ4v) is 6.16. The van der Waals surface area contributed by atoms with Crippen molar-refractivity contribution < 1.29 is 19.4 Å². The van der Waals surface area contributed by atoms with Gasteiger partial charge in [0.25, 0.3) is 5.91 Å². The second kappa shape index (κ2) is 11.7. The number of carbonyl (C=O) groups excluding carboxylic acids is 1. The minimum atomic E-state index is -0.861. The SMILES string of the molecule is COc1ccc2cc(-c3cc(-c4cc(Cl)cc(Cl)c4)nn3C(C)c3ccc(C(=O)N4CCC(C(=O)O)C4)cc3)ccc2c1. The Bertz CT molecular complexity index is 1830. The van der Waals surface area contributed by atoms with Crippen molar-refractivity contribution in [3.05, 3.63) is 106 Å². The van der Waals surface area contributed by atoms with Crippen molar-refractivity contribution >= 4 is 45.9 Å². The lowest BCUT2D eigenvalue weighted by molar-refractivity contribution is -0.141. The number of ether oxygens (including phenoxy) is 1.